The molecule has 2 rings (SSSR count). The van der Waals surface area contributed by atoms with Crippen LogP contribution in [0.1, 0.15) is 17.4 Å². The highest BCUT2D eigenvalue weighted by molar-refractivity contribution is 6.30. The van der Waals surface area contributed by atoms with Crippen LogP contribution in [0.15, 0.2) is 30.6 Å². The molecule has 1 unspecified atom stereocenters. The van der Waals surface area contributed by atoms with E-state index in [1.165, 1.54) is 6.33 Å². The number of carbonyl (C=O) groups is 1. The smallest absolute Gasteiger partial charge is 0.315 e. The van der Waals surface area contributed by atoms with Gasteiger partial charge in [0.2, 0.25) is 0 Å². The van der Waals surface area contributed by atoms with Crippen LogP contribution in [0.25, 0.3) is 0 Å². The monoisotopic (exact) mass is 309 g/mol. The minimum atomic E-state index is -0.498. The first-order valence-electron chi connectivity index (χ1n) is 6.33. The Morgan fingerprint density at radius 1 is 1.43 bits per heavy atom. The van der Waals surface area contributed by atoms with Crippen molar-refractivity contribution < 1.29 is 9.90 Å². The van der Waals surface area contributed by atoms with Gasteiger partial charge in [0.15, 0.2) is 0 Å². The Bertz CT molecular complexity index is 599. The number of aryl methyl sites for hydroxylation is 1. The largest absolute Gasteiger partial charge is 0.394 e. The highest BCUT2D eigenvalue weighted by Gasteiger charge is 2.13. The lowest BCUT2D eigenvalue weighted by Gasteiger charge is -2.17. The summed E-state index contributed by atoms with van der Waals surface area (Å²) >= 11 is 5.81. The summed E-state index contributed by atoms with van der Waals surface area (Å²) in [6.45, 7) is 0.0418. The Hall–Kier alpha value is -2.12. The standard InChI is InChI=1S/C13H16ClN5O2/c1-19-12(16-8-17-19)6-15-13(21)18-11(7-20)9-2-4-10(14)5-3-9/h2-5,8,11,20H,6-7H2,1H3,(H2,15,18,21). The van der Waals surface area contributed by atoms with Crippen molar-refractivity contribution in [1.29, 1.82) is 0 Å². The molecule has 7 nitrogen and oxygen atoms in total. The molecule has 0 saturated carbocycles. The number of hydrogen-bond acceptors (Lipinski definition) is 4. The zero-order valence-corrected chi connectivity index (χ0v) is 12.2. The van der Waals surface area contributed by atoms with Gasteiger partial charge < -0.3 is 15.7 Å². The van der Waals surface area contributed by atoms with Gasteiger partial charge in [-0.2, -0.15) is 5.10 Å². The zero-order chi connectivity index (χ0) is 15.2. The van der Waals surface area contributed by atoms with Crippen LogP contribution in [0.3, 0.4) is 0 Å². The molecule has 0 aliphatic heterocycles. The van der Waals surface area contributed by atoms with Crippen molar-refractivity contribution in [2.45, 2.75) is 12.6 Å². The van der Waals surface area contributed by atoms with Gasteiger partial charge in [-0.25, -0.2) is 9.78 Å². The molecule has 0 fully saturated rings. The number of aliphatic hydroxyl groups is 1. The van der Waals surface area contributed by atoms with E-state index >= 15 is 0 Å². The highest BCUT2D eigenvalue weighted by atomic mass is 35.5. The summed E-state index contributed by atoms with van der Waals surface area (Å²) in [6, 6.07) is 6.03. The first kappa shape index (κ1) is 15.3. The lowest BCUT2D eigenvalue weighted by molar-refractivity contribution is 0.216. The molecule has 0 saturated heterocycles. The summed E-state index contributed by atoms with van der Waals surface area (Å²) in [5, 5.41) is 19.2. The number of nitrogens with one attached hydrogen (secondary N) is 2. The molecule has 0 aliphatic carbocycles. The molecule has 0 radical (unpaired) electrons. The third kappa shape index (κ3) is 4.17. The molecule has 2 amide bonds. The average Bonchev–Trinajstić information content (AvgIpc) is 2.89. The number of amides is 2. The Kier molecular flexibility index (Phi) is 5.13. The molecule has 112 valence electrons. The predicted molar refractivity (Wildman–Crippen MR) is 77.7 cm³/mol. The van der Waals surface area contributed by atoms with E-state index in [9.17, 15) is 9.90 Å². The van der Waals surface area contributed by atoms with Crippen molar-refractivity contribution in [2.75, 3.05) is 6.61 Å². The van der Waals surface area contributed by atoms with Gasteiger partial charge >= 0.3 is 6.03 Å². The molecule has 0 aliphatic rings. The van der Waals surface area contributed by atoms with Crippen LogP contribution < -0.4 is 10.6 Å². The van der Waals surface area contributed by atoms with Crippen molar-refractivity contribution in [2.24, 2.45) is 7.05 Å². The molecule has 1 aromatic heterocycles. The van der Waals surface area contributed by atoms with Crippen molar-refractivity contribution >= 4 is 17.6 Å². The maximum Gasteiger partial charge on any atom is 0.315 e. The summed E-state index contributed by atoms with van der Waals surface area (Å²) in [4.78, 5) is 15.8. The molecule has 8 heteroatoms. The average molecular weight is 310 g/mol. The van der Waals surface area contributed by atoms with Crippen molar-refractivity contribution in [3.63, 3.8) is 0 Å². The van der Waals surface area contributed by atoms with Crippen LogP contribution in [-0.4, -0.2) is 32.5 Å². The molecule has 0 spiro atoms. The van der Waals surface area contributed by atoms with Gasteiger partial charge in [0.25, 0.3) is 0 Å². The van der Waals surface area contributed by atoms with Crippen molar-refractivity contribution in [1.82, 2.24) is 25.4 Å². The third-order valence-electron chi connectivity index (χ3n) is 2.97. The Morgan fingerprint density at radius 2 is 2.14 bits per heavy atom. The van der Waals surface area contributed by atoms with Crippen LogP contribution in [0.5, 0.6) is 0 Å². The van der Waals surface area contributed by atoms with Gasteiger partial charge in [-0.15, -0.1) is 0 Å². The second-order valence-corrected chi connectivity index (χ2v) is 4.85. The molecular formula is C13H16ClN5O2. The Morgan fingerprint density at radius 3 is 2.71 bits per heavy atom. The van der Waals surface area contributed by atoms with Crippen LogP contribution in [-0.2, 0) is 13.6 Å². The number of benzene rings is 1. The number of aromatic nitrogens is 3. The molecule has 2 aromatic rings. The van der Waals surface area contributed by atoms with E-state index in [-0.39, 0.29) is 13.2 Å². The second-order valence-electron chi connectivity index (χ2n) is 4.41. The van der Waals surface area contributed by atoms with E-state index < -0.39 is 12.1 Å². The number of rotatable bonds is 5. The van der Waals surface area contributed by atoms with E-state index in [4.69, 9.17) is 11.6 Å². The zero-order valence-electron chi connectivity index (χ0n) is 11.5. The highest BCUT2D eigenvalue weighted by Crippen LogP contribution is 2.16. The van der Waals surface area contributed by atoms with E-state index in [0.29, 0.717) is 10.8 Å². The van der Waals surface area contributed by atoms with Crippen LogP contribution >= 0.6 is 11.6 Å². The van der Waals surface area contributed by atoms with Gasteiger partial charge in [0, 0.05) is 12.1 Å². The topological polar surface area (TPSA) is 92.1 Å². The fourth-order valence-corrected chi connectivity index (χ4v) is 1.90. The SMILES string of the molecule is Cn1ncnc1CNC(=O)NC(CO)c1ccc(Cl)cc1. The van der Waals surface area contributed by atoms with E-state index in [1.807, 2.05) is 0 Å². The second kappa shape index (κ2) is 7.05. The molecule has 21 heavy (non-hydrogen) atoms. The normalized spacial score (nSPS) is 12.0. The minimum Gasteiger partial charge on any atom is -0.394 e. The maximum absolute atomic E-state index is 11.8. The summed E-state index contributed by atoms with van der Waals surface area (Å²) < 4.78 is 1.57. The first-order valence-corrected chi connectivity index (χ1v) is 6.71. The van der Waals surface area contributed by atoms with Gasteiger partial charge in [0.05, 0.1) is 19.2 Å². The lowest BCUT2D eigenvalue weighted by Crippen LogP contribution is -2.39. The number of aliphatic hydroxyl groups excluding tert-OH is 1. The van der Waals surface area contributed by atoms with Crippen LogP contribution in [0.2, 0.25) is 5.02 Å². The predicted octanol–water partition coefficient (Wildman–Crippen LogP) is 1.00. The van der Waals surface area contributed by atoms with E-state index in [1.54, 1.807) is 36.0 Å². The third-order valence-corrected chi connectivity index (χ3v) is 3.22. The number of nitrogens with zero attached hydrogens (tertiary/aromatic N) is 3. The fourth-order valence-electron chi connectivity index (χ4n) is 1.78. The first-order chi connectivity index (χ1) is 10.1. The van der Waals surface area contributed by atoms with Crippen LogP contribution in [0.4, 0.5) is 4.79 Å². The van der Waals surface area contributed by atoms with Gasteiger partial charge in [-0.05, 0) is 17.7 Å². The van der Waals surface area contributed by atoms with Crippen molar-refractivity contribution in [3.8, 4) is 0 Å². The quantitative estimate of drug-likeness (QED) is 0.768. The Balaban J connectivity index is 1.90. The van der Waals surface area contributed by atoms with E-state index in [2.05, 4.69) is 20.7 Å². The van der Waals surface area contributed by atoms with Crippen molar-refractivity contribution in [3.05, 3.63) is 47.0 Å². The molecule has 3 N–H and O–H groups in total. The Labute approximate surface area is 126 Å². The molecule has 0 bridgehead atoms. The number of carbonyl (C=O) groups excluding carboxylic acids is 1. The maximum atomic E-state index is 11.8. The van der Waals surface area contributed by atoms with Gasteiger partial charge in [-0.3, -0.25) is 4.68 Å². The number of urea groups is 1. The summed E-state index contributed by atoms with van der Waals surface area (Å²) in [6.07, 6.45) is 1.42. The lowest BCUT2D eigenvalue weighted by atomic mass is 10.1. The minimum absolute atomic E-state index is 0.209. The van der Waals surface area contributed by atoms with Gasteiger partial charge in [-0.1, -0.05) is 23.7 Å². The number of halogens is 1. The molecule has 1 aromatic carbocycles. The fraction of sp³-hybridized carbons (Fsp3) is 0.308. The van der Waals surface area contributed by atoms with E-state index in [0.717, 1.165) is 5.56 Å². The summed E-state index contributed by atoms with van der Waals surface area (Å²) in [7, 11) is 1.74. The van der Waals surface area contributed by atoms with Crippen LogP contribution in [0, 0.1) is 0 Å². The summed E-state index contributed by atoms with van der Waals surface area (Å²) in [5.41, 5.74) is 0.774. The molecule has 1 heterocycles. The molecule has 1 atom stereocenters. The summed E-state index contributed by atoms with van der Waals surface area (Å²) in [5.74, 6) is 0.636. The number of hydrogen-bond donors (Lipinski definition) is 3. The van der Waals surface area contributed by atoms with Gasteiger partial charge in [0.1, 0.15) is 12.2 Å². The molecular weight excluding hydrogens is 294 g/mol.